The SMILES string of the molecule is NC(=O)c1ccc(NC2(C(=O)O)CCCCCC2)c(F)c1. The maximum atomic E-state index is 14.0. The van der Waals surface area contributed by atoms with Crippen LogP contribution in [0.1, 0.15) is 48.9 Å². The normalized spacial score (nSPS) is 17.8. The van der Waals surface area contributed by atoms with Crippen molar-refractivity contribution in [3.8, 4) is 0 Å². The van der Waals surface area contributed by atoms with Crippen LogP contribution in [-0.4, -0.2) is 22.5 Å². The Bertz CT molecular complexity index is 552. The topological polar surface area (TPSA) is 92.4 Å². The number of rotatable bonds is 4. The molecule has 0 heterocycles. The monoisotopic (exact) mass is 294 g/mol. The lowest BCUT2D eigenvalue weighted by Gasteiger charge is -2.30. The summed E-state index contributed by atoms with van der Waals surface area (Å²) in [5.74, 6) is -2.36. The van der Waals surface area contributed by atoms with Crippen LogP contribution in [0.25, 0.3) is 0 Å². The lowest BCUT2D eigenvalue weighted by molar-refractivity contribution is -0.142. The van der Waals surface area contributed by atoms with Crippen molar-refractivity contribution in [3.63, 3.8) is 0 Å². The van der Waals surface area contributed by atoms with Gasteiger partial charge in [0.05, 0.1) is 5.69 Å². The third-order valence-electron chi connectivity index (χ3n) is 3.99. The van der Waals surface area contributed by atoms with Gasteiger partial charge in [-0.2, -0.15) is 0 Å². The molecule has 1 saturated carbocycles. The quantitative estimate of drug-likeness (QED) is 0.744. The Balaban J connectivity index is 2.28. The van der Waals surface area contributed by atoms with Gasteiger partial charge in [0.1, 0.15) is 11.4 Å². The molecule has 6 heteroatoms. The molecule has 0 bridgehead atoms. The number of carboxylic acids is 1. The summed E-state index contributed by atoms with van der Waals surface area (Å²) < 4.78 is 14.0. The summed E-state index contributed by atoms with van der Waals surface area (Å²) in [5, 5.41) is 12.4. The maximum absolute atomic E-state index is 14.0. The van der Waals surface area contributed by atoms with Crippen molar-refractivity contribution in [2.75, 3.05) is 5.32 Å². The number of halogens is 1. The Kier molecular flexibility index (Phi) is 4.45. The predicted octanol–water partition coefficient (Wildman–Crippen LogP) is 2.51. The average molecular weight is 294 g/mol. The predicted molar refractivity (Wildman–Crippen MR) is 76.6 cm³/mol. The zero-order valence-corrected chi connectivity index (χ0v) is 11.7. The van der Waals surface area contributed by atoms with E-state index in [-0.39, 0.29) is 11.3 Å². The smallest absolute Gasteiger partial charge is 0.329 e. The third kappa shape index (κ3) is 3.32. The molecule has 1 fully saturated rings. The third-order valence-corrected chi connectivity index (χ3v) is 3.99. The van der Waals surface area contributed by atoms with Crippen LogP contribution in [0.5, 0.6) is 0 Å². The minimum Gasteiger partial charge on any atom is -0.480 e. The molecule has 5 nitrogen and oxygen atoms in total. The molecule has 0 aliphatic heterocycles. The maximum Gasteiger partial charge on any atom is 0.329 e. The van der Waals surface area contributed by atoms with Gasteiger partial charge in [0.15, 0.2) is 0 Å². The Hall–Kier alpha value is -2.11. The van der Waals surface area contributed by atoms with E-state index in [1.165, 1.54) is 12.1 Å². The molecule has 0 radical (unpaired) electrons. The number of aliphatic carboxylic acids is 1. The fourth-order valence-corrected chi connectivity index (χ4v) is 2.75. The van der Waals surface area contributed by atoms with Gasteiger partial charge in [-0.1, -0.05) is 25.7 Å². The fraction of sp³-hybridized carbons (Fsp3) is 0.467. The molecule has 0 unspecified atom stereocenters. The number of carboxylic acid groups (broad SMARTS) is 1. The zero-order valence-electron chi connectivity index (χ0n) is 11.7. The fourth-order valence-electron chi connectivity index (χ4n) is 2.75. The molecule has 21 heavy (non-hydrogen) atoms. The Labute approximate surface area is 122 Å². The van der Waals surface area contributed by atoms with Gasteiger partial charge in [-0.3, -0.25) is 4.79 Å². The van der Waals surface area contributed by atoms with Gasteiger partial charge in [-0.25, -0.2) is 9.18 Å². The summed E-state index contributed by atoms with van der Waals surface area (Å²) >= 11 is 0. The highest BCUT2D eigenvalue weighted by Gasteiger charge is 2.39. The lowest BCUT2D eigenvalue weighted by atomic mass is 9.89. The highest BCUT2D eigenvalue weighted by molar-refractivity contribution is 5.93. The number of hydrogen-bond donors (Lipinski definition) is 3. The van der Waals surface area contributed by atoms with Crippen LogP contribution in [-0.2, 0) is 4.79 Å². The molecule has 0 saturated heterocycles. The highest BCUT2D eigenvalue weighted by Crippen LogP contribution is 2.32. The van der Waals surface area contributed by atoms with E-state index in [9.17, 15) is 19.1 Å². The number of primary amides is 1. The molecule has 0 spiro atoms. The summed E-state index contributed by atoms with van der Waals surface area (Å²) in [5.41, 5.74) is 4.09. The second-order valence-corrected chi connectivity index (χ2v) is 5.49. The summed E-state index contributed by atoms with van der Waals surface area (Å²) in [6.45, 7) is 0. The van der Waals surface area contributed by atoms with Gasteiger partial charge in [0.2, 0.25) is 5.91 Å². The van der Waals surface area contributed by atoms with E-state index >= 15 is 0 Å². The van der Waals surface area contributed by atoms with Gasteiger partial charge in [0, 0.05) is 5.56 Å². The van der Waals surface area contributed by atoms with Crippen molar-refractivity contribution in [1.82, 2.24) is 0 Å². The molecule has 4 N–H and O–H groups in total. The molecule has 1 aromatic rings. The van der Waals surface area contributed by atoms with Crippen molar-refractivity contribution in [3.05, 3.63) is 29.6 Å². The first-order valence-corrected chi connectivity index (χ1v) is 7.05. The molecule has 0 atom stereocenters. The highest BCUT2D eigenvalue weighted by atomic mass is 19.1. The Morgan fingerprint density at radius 2 is 1.81 bits per heavy atom. The van der Waals surface area contributed by atoms with Gasteiger partial charge >= 0.3 is 5.97 Å². The zero-order chi connectivity index (χ0) is 15.5. The Morgan fingerprint density at radius 3 is 2.29 bits per heavy atom. The molecule has 1 aliphatic rings. The van der Waals surface area contributed by atoms with Crippen LogP contribution in [0.2, 0.25) is 0 Å². The first kappa shape index (κ1) is 15.3. The number of carbonyl (C=O) groups excluding carboxylic acids is 1. The van der Waals surface area contributed by atoms with E-state index in [2.05, 4.69) is 5.32 Å². The van der Waals surface area contributed by atoms with Crippen LogP contribution in [0.15, 0.2) is 18.2 Å². The Morgan fingerprint density at radius 1 is 1.19 bits per heavy atom. The van der Waals surface area contributed by atoms with Crippen LogP contribution >= 0.6 is 0 Å². The van der Waals surface area contributed by atoms with Gasteiger partial charge in [0.25, 0.3) is 0 Å². The van der Waals surface area contributed by atoms with E-state index in [4.69, 9.17) is 5.73 Å². The summed E-state index contributed by atoms with van der Waals surface area (Å²) in [4.78, 5) is 22.7. The molecule has 114 valence electrons. The minimum atomic E-state index is -1.15. The molecule has 1 aromatic carbocycles. The number of amides is 1. The van der Waals surface area contributed by atoms with Gasteiger partial charge in [-0.05, 0) is 31.0 Å². The summed E-state index contributed by atoms with van der Waals surface area (Å²) in [6.07, 6.45) is 4.47. The molecule has 0 aromatic heterocycles. The van der Waals surface area contributed by atoms with Gasteiger partial charge in [-0.15, -0.1) is 0 Å². The number of carbonyl (C=O) groups is 2. The number of hydrogen-bond acceptors (Lipinski definition) is 3. The van der Waals surface area contributed by atoms with Crippen molar-refractivity contribution in [2.45, 2.75) is 44.1 Å². The first-order valence-electron chi connectivity index (χ1n) is 7.05. The second kappa shape index (κ2) is 6.11. The van der Waals surface area contributed by atoms with E-state index in [1.54, 1.807) is 0 Å². The molecular weight excluding hydrogens is 275 g/mol. The number of nitrogens with two attached hydrogens (primary N) is 1. The van der Waals surface area contributed by atoms with Crippen LogP contribution in [0.3, 0.4) is 0 Å². The van der Waals surface area contributed by atoms with E-state index in [0.717, 1.165) is 31.7 Å². The average Bonchev–Trinajstić information content (AvgIpc) is 2.67. The van der Waals surface area contributed by atoms with Crippen molar-refractivity contribution >= 4 is 17.6 Å². The molecular formula is C15H19FN2O3. The van der Waals surface area contributed by atoms with Crippen molar-refractivity contribution in [2.24, 2.45) is 5.73 Å². The minimum absolute atomic E-state index is 0.0586. The lowest BCUT2D eigenvalue weighted by Crippen LogP contribution is -2.46. The molecule has 1 aliphatic carbocycles. The number of benzene rings is 1. The number of anilines is 1. The first-order chi connectivity index (χ1) is 9.94. The van der Waals surface area contributed by atoms with Gasteiger partial charge < -0.3 is 16.2 Å². The number of nitrogens with one attached hydrogen (secondary N) is 1. The molecule has 1 amide bonds. The van der Waals surface area contributed by atoms with Crippen LogP contribution < -0.4 is 11.1 Å². The summed E-state index contributed by atoms with van der Waals surface area (Å²) in [7, 11) is 0. The van der Waals surface area contributed by atoms with E-state index in [1.807, 2.05) is 0 Å². The van der Waals surface area contributed by atoms with Crippen molar-refractivity contribution in [1.29, 1.82) is 0 Å². The van der Waals surface area contributed by atoms with Crippen LogP contribution in [0.4, 0.5) is 10.1 Å². The van der Waals surface area contributed by atoms with E-state index in [0.29, 0.717) is 12.8 Å². The van der Waals surface area contributed by atoms with Crippen molar-refractivity contribution < 1.29 is 19.1 Å². The standard InChI is InChI=1S/C15H19FN2O3/c16-11-9-10(13(17)19)5-6-12(11)18-15(14(20)21)7-3-1-2-4-8-15/h5-6,9,18H,1-4,7-8H2,(H2,17,19)(H,20,21). The second-order valence-electron chi connectivity index (χ2n) is 5.49. The summed E-state index contributed by atoms with van der Waals surface area (Å²) in [6, 6.07) is 3.78. The van der Waals surface area contributed by atoms with Crippen LogP contribution in [0, 0.1) is 5.82 Å². The van der Waals surface area contributed by atoms with E-state index < -0.39 is 23.2 Å². The molecule has 2 rings (SSSR count). The largest absolute Gasteiger partial charge is 0.480 e.